The summed E-state index contributed by atoms with van der Waals surface area (Å²) >= 11 is 0. The third-order valence-corrected chi connectivity index (χ3v) is 7.33. The Morgan fingerprint density at radius 1 is 0.927 bits per heavy atom. The number of fused-ring (bicyclic) bond motifs is 5. The van der Waals surface area contributed by atoms with Crippen molar-refractivity contribution in [1.29, 1.82) is 5.26 Å². The van der Waals surface area contributed by atoms with Gasteiger partial charge in [-0.1, -0.05) is 59.7 Å². The molecule has 0 aliphatic carbocycles. The summed E-state index contributed by atoms with van der Waals surface area (Å²) < 4.78 is 50.3. The van der Waals surface area contributed by atoms with Crippen LogP contribution in [0.3, 0.4) is 0 Å². The number of nitriles is 1. The number of para-hydroxylation sites is 1. The summed E-state index contributed by atoms with van der Waals surface area (Å²) in [5.74, 6) is 1.21. The minimum absolute atomic E-state index is 0.0720. The van der Waals surface area contributed by atoms with Gasteiger partial charge in [-0.15, -0.1) is 10.2 Å². The number of aryl methyl sites for hydroxylation is 1. The highest BCUT2D eigenvalue weighted by Crippen LogP contribution is 2.40. The molecule has 3 aromatic heterocycles. The number of aromatic nitrogens is 4. The van der Waals surface area contributed by atoms with E-state index < -0.39 is 19.1 Å². The van der Waals surface area contributed by atoms with Crippen molar-refractivity contribution in [2.45, 2.75) is 66.6 Å². The van der Waals surface area contributed by atoms with Crippen molar-refractivity contribution in [2.24, 2.45) is 5.92 Å². The number of rotatable bonds is 6. The molecular formula is C35H35N5O. The van der Waals surface area contributed by atoms with Crippen LogP contribution in [0.5, 0.6) is 0 Å². The van der Waals surface area contributed by atoms with Crippen LogP contribution in [-0.2, 0) is 6.37 Å². The number of hydrogen-bond acceptors (Lipinski definition) is 5. The summed E-state index contributed by atoms with van der Waals surface area (Å²) in [6.07, 6.45) is -0.637. The zero-order valence-electron chi connectivity index (χ0n) is 29.1. The molecule has 0 saturated carbocycles. The van der Waals surface area contributed by atoms with Crippen LogP contribution in [0.15, 0.2) is 59.1 Å². The maximum absolute atomic E-state index is 10.2. The van der Waals surface area contributed by atoms with Gasteiger partial charge in [-0.2, -0.15) is 5.26 Å². The van der Waals surface area contributed by atoms with Crippen molar-refractivity contribution in [2.75, 3.05) is 0 Å². The Labute approximate surface area is 247 Å². The van der Waals surface area contributed by atoms with E-state index in [-0.39, 0.29) is 23.0 Å². The Morgan fingerprint density at radius 3 is 2.32 bits per heavy atom. The normalized spacial score (nSPS) is 14.5. The molecule has 0 bridgehead atoms. The lowest BCUT2D eigenvalue weighted by atomic mass is 9.97. The van der Waals surface area contributed by atoms with Crippen molar-refractivity contribution in [3.05, 3.63) is 83.1 Å². The van der Waals surface area contributed by atoms with Gasteiger partial charge in [-0.25, -0.2) is 0 Å². The molecule has 0 spiro atoms. The molecule has 206 valence electrons. The highest BCUT2D eigenvalue weighted by atomic mass is 16.3. The van der Waals surface area contributed by atoms with Gasteiger partial charge in [0.05, 0.1) is 16.9 Å². The zero-order valence-corrected chi connectivity index (χ0v) is 24.1. The van der Waals surface area contributed by atoms with E-state index >= 15 is 0 Å². The Hall–Kier alpha value is -4.50. The SMILES string of the molecule is [2H]C([2H])([2H])c1cnc(-c2cccc3c2oc2c4cc(-n5c(C(C)C)nnc5C(C)C)c(C#N)cc4ccc32)cc1C([2H])([2H])C(C)C. The van der Waals surface area contributed by atoms with Gasteiger partial charge in [-0.05, 0) is 66.0 Å². The summed E-state index contributed by atoms with van der Waals surface area (Å²) in [5.41, 5.74) is 3.40. The summed E-state index contributed by atoms with van der Waals surface area (Å²) in [7, 11) is 0. The zero-order chi connectivity index (χ0) is 33.3. The van der Waals surface area contributed by atoms with Crippen LogP contribution >= 0.6 is 0 Å². The first-order chi connectivity index (χ1) is 21.6. The Balaban J connectivity index is 1.64. The molecule has 0 atom stereocenters. The lowest BCUT2D eigenvalue weighted by Gasteiger charge is -2.16. The van der Waals surface area contributed by atoms with E-state index in [0.29, 0.717) is 33.7 Å². The summed E-state index contributed by atoms with van der Waals surface area (Å²) in [6.45, 7) is 9.13. The van der Waals surface area contributed by atoms with Crippen LogP contribution in [-0.4, -0.2) is 19.7 Å². The maximum Gasteiger partial charge on any atom is 0.144 e. The minimum atomic E-state index is -2.52. The largest absolute Gasteiger partial charge is 0.455 e. The highest BCUT2D eigenvalue weighted by Gasteiger charge is 2.23. The molecule has 0 fully saturated rings. The average Bonchev–Trinajstić information content (AvgIpc) is 3.62. The van der Waals surface area contributed by atoms with Crippen molar-refractivity contribution in [1.82, 2.24) is 19.7 Å². The second-order valence-electron chi connectivity index (χ2n) is 11.4. The molecule has 0 N–H and O–H groups in total. The van der Waals surface area contributed by atoms with Crippen LogP contribution in [0.25, 0.3) is 49.7 Å². The van der Waals surface area contributed by atoms with Crippen LogP contribution in [0.4, 0.5) is 0 Å². The van der Waals surface area contributed by atoms with E-state index in [1.165, 1.54) is 6.20 Å². The number of hydrogen-bond donors (Lipinski definition) is 0. The van der Waals surface area contributed by atoms with E-state index in [0.717, 1.165) is 33.2 Å². The number of nitrogens with zero attached hydrogens (tertiary/aromatic N) is 5. The van der Waals surface area contributed by atoms with E-state index in [2.05, 4.69) is 21.3 Å². The van der Waals surface area contributed by atoms with Gasteiger partial charge in [-0.3, -0.25) is 9.55 Å². The van der Waals surface area contributed by atoms with Gasteiger partial charge in [0.15, 0.2) is 0 Å². The molecule has 3 aromatic carbocycles. The Kier molecular flexibility index (Phi) is 5.27. The highest BCUT2D eigenvalue weighted by molar-refractivity contribution is 6.17. The second kappa shape index (κ2) is 10.2. The van der Waals surface area contributed by atoms with E-state index in [9.17, 15) is 5.26 Å². The molecule has 0 radical (unpaired) electrons. The molecule has 0 saturated heterocycles. The van der Waals surface area contributed by atoms with Gasteiger partial charge >= 0.3 is 0 Å². The van der Waals surface area contributed by atoms with Crippen molar-refractivity contribution in [3.63, 3.8) is 0 Å². The molecule has 6 rings (SSSR count). The predicted octanol–water partition coefficient (Wildman–Crippen LogP) is 9.01. The molecule has 6 nitrogen and oxygen atoms in total. The van der Waals surface area contributed by atoms with Gasteiger partial charge in [0.1, 0.15) is 28.9 Å². The standard InChI is InChI=1S/C35H35N5O/c1-19(2)13-24-15-30(37-18-22(24)7)28-10-8-9-26-27-12-11-23-14-25(17-36)31(16-29(23)33(27)41-32(26)28)40-34(20(3)4)38-39-35(40)21(5)6/h8-12,14-16,18-21H,13H2,1-7H3/i7D3,13D2. The second-order valence-corrected chi connectivity index (χ2v) is 11.4. The number of pyridine rings is 1. The number of furan rings is 1. The fourth-order valence-electron chi connectivity index (χ4n) is 5.43. The quantitative estimate of drug-likeness (QED) is 0.208. The first-order valence-corrected chi connectivity index (χ1v) is 13.9. The summed E-state index contributed by atoms with van der Waals surface area (Å²) in [4.78, 5) is 4.51. The molecule has 6 heteroatoms. The third-order valence-electron chi connectivity index (χ3n) is 7.33. The molecule has 6 aromatic rings. The van der Waals surface area contributed by atoms with E-state index in [4.69, 9.17) is 11.3 Å². The minimum Gasteiger partial charge on any atom is -0.455 e. The molecule has 0 amide bonds. The van der Waals surface area contributed by atoms with Crippen molar-refractivity contribution >= 4 is 32.7 Å². The van der Waals surface area contributed by atoms with E-state index in [1.54, 1.807) is 19.9 Å². The molecule has 0 unspecified atom stereocenters. The fourth-order valence-corrected chi connectivity index (χ4v) is 5.43. The third kappa shape index (κ3) is 4.46. The summed E-state index contributed by atoms with van der Waals surface area (Å²) in [5, 5.41) is 22.5. The van der Waals surface area contributed by atoms with Crippen molar-refractivity contribution in [3.8, 4) is 23.0 Å². The Bertz CT molecular complexity index is 2160. The molecule has 3 heterocycles. The topological polar surface area (TPSA) is 80.5 Å². The van der Waals surface area contributed by atoms with Crippen LogP contribution in [0.1, 0.15) is 88.6 Å². The lowest BCUT2D eigenvalue weighted by Crippen LogP contribution is -2.10. The van der Waals surface area contributed by atoms with E-state index in [1.807, 2.05) is 74.7 Å². The average molecular weight is 547 g/mol. The smallest absolute Gasteiger partial charge is 0.144 e. The van der Waals surface area contributed by atoms with Crippen LogP contribution in [0, 0.1) is 24.1 Å². The monoisotopic (exact) mass is 546 g/mol. The first-order valence-electron chi connectivity index (χ1n) is 16.4. The first kappa shape index (κ1) is 21.3. The number of benzene rings is 3. The maximum atomic E-state index is 10.2. The van der Waals surface area contributed by atoms with Gasteiger partial charge in [0.2, 0.25) is 0 Å². The molecule has 41 heavy (non-hydrogen) atoms. The molecule has 0 aliphatic rings. The van der Waals surface area contributed by atoms with Crippen LogP contribution in [0.2, 0.25) is 0 Å². The van der Waals surface area contributed by atoms with Crippen LogP contribution < -0.4 is 0 Å². The van der Waals surface area contributed by atoms with Gasteiger partial charge in [0, 0.05) is 46.6 Å². The molecule has 0 aliphatic heterocycles. The summed E-state index contributed by atoms with van der Waals surface area (Å²) in [6, 6.07) is 17.4. The van der Waals surface area contributed by atoms with Gasteiger partial charge < -0.3 is 4.42 Å². The molecular weight excluding hydrogens is 506 g/mol. The Morgan fingerprint density at radius 2 is 1.66 bits per heavy atom. The lowest BCUT2D eigenvalue weighted by molar-refractivity contribution is 0.644. The van der Waals surface area contributed by atoms with Crippen molar-refractivity contribution < 1.29 is 11.3 Å². The van der Waals surface area contributed by atoms with Gasteiger partial charge in [0.25, 0.3) is 0 Å². The predicted molar refractivity (Wildman–Crippen MR) is 166 cm³/mol. The fraction of sp³-hybridized carbons (Fsp3) is 0.314.